The molecule has 2 rings (SSSR count). The molecule has 2 aliphatic rings. The van der Waals surface area contributed by atoms with Gasteiger partial charge in [0, 0.05) is 19.1 Å². The lowest BCUT2D eigenvalue weighted by molar-refractivity contribution is -0.141. The molecule has 1 aliphatic heterocycles. The maximum absolute atomic E-state index is 12.2. The van der Waals surface area contributed by atoms with E-state index in [9.17, 15) is 9.59 Å². The SMILES string of the molecule is CC1CCCC([C@H](C)NC(=O)N2CCC(C(=O)O)C2)C1. The Morgan fingerprint density at radius 1 is 1.30 bits per heavy atom. The number of urea groups is 1. The average Bonchev–Trinajstić information content (AvgIpc) is 2.88. The molecular formula is C15H26N2O3. The topological polar surface area (TPSA) is 69.6 Å². The number of hydrogen-bond donors (Lipinski definition) is 2. The van der Waals surface area contributed by atoms with Crippen molar-refractivity contribution >= 4 is 12.0 Å². The maximum atomic E-state index is 12.2. The molecule has 5 nitrogen and oxygen atoms in total. The summed E-state index contributed by atoms with van der Waals surface area (Å²) in [7, 11) is 0. The Labute approximate surface area is 120 Å². The van der Waals surface area contributed by atoms with Crippen LogP contribution in [0.2, 0.25) is 0 Å². The molecule has 2 fully saturated rings. The number of amides is 2. The predicted octanol–water partition coefficient (Wildman–Crippen LogP) is 2.32. The van der Waals surface area contributed by atoms with Crippen LogP contribution in [0.3, 0.4) is 0 Å². The highest BCUT2D eigenvalue weighted by molar-refractivity contribution is 5.77. The Morgan fingerprint density at radius 3 is 2.65 bits per heavy atom. The van der Waals surface area contributed by atoms with Gasteiger partial charge in [0.05, 0.1) is 5.92 Å². The van der Waals surface area contributed by atoms with Crippen LogP contribution in [0.1, 0.15) is 46.0 Å². The van der Waals surface area contributed by atoms with Gasteiger partial charge in [-0.05, 0) is 38.0 Å². The first-order valence-electron chi connectivity index (χ1n) is 7.75. The van der Waals surface area contributed by atoms with Crippen molar-refractivity contribution in [2.24, 2.45) is 17.8 Å². The number of nitrogens with zero attached hydrogens (tertiary/aromatic N) is 1. The van der Waals surface area contributed by atoms with Crippen LogP contribution in [0, 0.1) is 17.8 Å². The fourth-order valence-corrected chi connectivity index (χ4v) is 3.49. The standard InChI is InChI=1S/C15H26N2O3/c1-10-4-3-5-12(8-10)11(2)16-15(20)17-7-6-13(9-17)14(18)19/h10-13H,3-9H2,1-2H3,(H,16,20)(H,18,19)/t10?,11-,12?,13?/m0/s1. The molecule has 1 saturated carbocycles. The molecule has 0 radical (unpaired) electrons. The molecule has 0 aromatic carbocycles. The van der Waals surface area contributed by atoms with E-state index < -0.39 is 11.9 Å². The van der Waals surface area contributed by atoms with Crippen LogP contribution in [0.15, 0.2) is 0 Å². The smallest absolute Gasteiger partial charge is 0.317 e. The highest BCUT2D eigenvalue weighted by Crippen LogP contribution is 2.30. The van der Waals surface area contributed by atoms with Crippen molar-refractivity contribution in [2.75, 3.05) is 13.1 Å². The van der Waals surface area contributed by atoms with Gasteiger partial charge in [-0.15, -0.1) is 0 Å². The summed E-state index contributed by atoms with van der Waals surface area (Å²) in [5.74, 6) is 0.108. The van der Waals surface area contributed by atoms with Crippen LogP contribution in [0.4, 0.5) is 4.79 Å². The second-order valence-corrected chi connectivity index (χ2v) is 6.54. The summed E-state index contributed by atoms with van der Waals surface area (Å²) >= 11 is 0. The van der Waals surface area contributed by atoms with Crippen molar-refractivity contribution in [1.82, 2.24) is 10.2 Å². The summed E-state index contributed by atoms with van der Waals surface area (Å²) in [6.07, 6.45) is 5.47. The van der Waals surface area contributed by atoms with Crippen LogP contribution >= 0.6 is 0 Å². The van der Waals surface area contributed by atoms with Crippen LogP contribution in [-0.4, -0.2) is 41.1 Å². The Morgan fingerprint density at radius 2 is 2.05 bits per heavy atom. The van der Waals surface area contributed by atoms with Crippen LogP contribution in [-0.2, 0) is 4.79 Å². The van der Waals surface area contributed by atoms with E-state index in [1.807, 2.05) is 0 Å². The van der Waals surface area contributed by atoms with Crippen LogP contribution in [0.25, 0.3) is 0 Å². The summed E-state index contributed by atoms with van der Waals surface area (Å²) in [4.78, 5) is 24.7. The van der Waals surface area contributed by atoms with Crippen molar-refractivity contribution in [3.8, 4) is 0 Å². The van der Waals surface area contributed by atoms with Gasteiger partial charge in [0.25, 0.3) is 0 Å². The lowest BCUT2D eigenvalue weighted by Gasteiger charge is -2.32. The van der Waals surface area contributed by atoms with Gasteiger partial charge in [0.15, 0.2) is 0 Å². The Balaban J connectivity index is 1.80. The van der Waals surface area contributed by atoms with E-state index in [1.165, 1.54) is 25.7 Å². The molecule has 0 bridgehead atoms. The summed E-state index contributed by atoms with van der Waals surface area (Å²) in [6.45, 7) is 5.25. The number of carbonyl (C=O) groups excluding carboxylic acids is 1. The quantitative estimate of drug-likeness (QED) is 0.834. The van der Waals surface area contributed by atoms with E-state index in [-0.39, 0.29) is 12.1 Å². The van der Waals surface area contributed by atoms with Crippen LogP contribution in [0.5, 0.6) is 0 Å². The fourth-order valence-electron chi connectivity index (χ4n) is 3.49. The zero-order valence-corrected chi connectivity index (χ0v) is 12.5. The van der Waals surface area contributed by atoms with E-state index in [4.69, 9.17) is 5.11 Å². The molecule has 114 valence electrons. The summed E-state index contributed by atoms with van der Waals surface area (Å²) in [5, 5.41) is 12.0. The van der Waals surface area contributed by atoms with Crippen molar-refractivity contribution in [2.45, 2.75) is 52.0 Å². The molecule has 3 unspecified atom stereocenters. The minimum atomic E-state index is -0.797. The molecule has 20 heavy (non-hydrogen) atoms. The zero-order valence-electron chi connectivity index (χ0n) is 12.5. The molecule has 5 heteroatoms. The van der Waals surface area contributed by atoms with Gasteiger partial charge in [0.2, 0.25) is 0 Å². The molecule has 2 amide bonds. The normalized spacial score (nSPS) is 31.9. The zero-order chi connectivity index (χ0) is 14.7. The number of nitrogens with one attached hydrogen (secondary N) is 1. The van der Waals surface area contributed by atoms with Gasteiger partial charge >= 0.3 is 12.0 Å². The van der Waals surface area contributed by atoms with E-state index in [1.54, 1.807) is 4.90 Å². The summed E-state index contributed by atoms with van der Waals surface area (Å²) < 4.78 is 0. The molecule has 4 atom stereocenters. The summed E-state index contributed by atoms with van der Waals surface area (Å²) in [6, 6.07) is 0.0774. The second-order valence-electron chi connectivity index (χ2n) is 6.54. The molecule has 1 heterocycles. The van der Waals surface area contributed by atoms with Gasteiger partial charge < -0.3 is 15.3 Å². The third kappa shape index (κ3) is 3.64. The molecule has 1 aliphatic carbocycles. The minimum absolute atomic E-state index is 0.0977. The van der Waals surface area contributed by atoms with E-state index in [0.29, 0.717) is 25.4 Å². The van der Waals surface area contributed by atoms with Gasteiger partial charge in [0.1, 0.15) is 0 Å². The number of rotatable bonds is 3. The average molecular weight is 282 g/mol. The monoisotopic (exact) mass is 282 g/mol. The van der Waals surface area contributed by atoms with Crippen molar-refractivity contribution in [1.29, 1.82) is 0 Å². The predicted molar refractivity (Wildman–Crippen MR) is 76.4 cm³/mol. The first-order valence-corrected chi connectivity index (χ1v) is 7.75. The number of carboxylic acids is 1. The Hall–Kier alpha value is -1.26. The van der Waals surface area contributed by atoms with Gasteiger partial charge in [-0.1, -0.05) is 19.8 Å². The first-order chi connectivity index (χ1) is 9.47. The molecule has 0 aromatic heterocycles. The van der Waals surface area contributed by atoms with E-state index in [0.717, 1.165) is 5.92 Å². The Kier molecular flexibility index (Phi) is 4.89. The summed E-state index contributed by atoms with van der Waals surface area (Å²) in [5.41, 5.74) is 0. The van der Waals surface area contributed by atoms with Crippen molar-refractivity contribution in [3.63, 3.8) is 0 Å². The van der Waals surface area contributed by atoms with Gasteiger partial charge in [-0.2, -0.15) is 0 Å². The van der Waals surface area contributed by atoms with Crippen molar-refractivity contribution < 1.29 is 14.7 Å². The second kappa shape index (κ2) is 6.46. The van der Waals surface area contributed by atoms with Crippen molar-refractivity contribution in [3.05, 3.63) is 0 Å². The number of likely N-dealkylation sites (tertiary alicyclic amines) is 1. The van der Waals surface area contributed by atoms with Gasteiger partial charge in [-0.25, -0.2) is 4.79 Å². The molecular weight excluding hydrogens is 256 g/mol. The highest BCUT2D eigenvalue weighted by atomic mass is 16.4. The molecule has 2 N–H and O–H groups in total. The third-order valence-electron chi connectivity index (χ3n) is 4.86. The maximum Gasteiger partial charge on any atom is 0.317 e. The minimum Gasteiger partial charge on any atom is -0.481 e. The largest absolute Gasteiger partial charge is 0.481 e. The highest BCUT2D eigenvalue weighted by Gasteiger charge is 2.32. The van der Waals surface area contributed by atoms with E-state index in [2.05, 4.69) is 19.2 Å². The van der Waals surface area contributed by atoms with Crippen LogP contribution < -0.4 is 5.32 Å². The van der Waals surface area contributed by atoms with E-state index >= 15 is 0 Å². The molecule has 1 saturated heterocycles. The third-order valence-corrected chi connectivity index (χ3v) is 4.86. The van der Waals surface area contributed by atoms with Gasteiger partial charge in [-0.3, -0.25) is 4.79 Å². The lowest BCUT2D eigenvalue weighted by Crippen LogP contribution is -2.46. The molecule has 0 aromatic rings. The Bertz CT molecular complexity index is 372. The number of carboxylic acid groups (broad SMARTS) is 1. The molecule has 0 spiro atoms. The number of hydrogen-bond acceptors (Lipinski definition) is 2. The fraction of sp³-hybridized carbons (Fsp3) is 0.867. The number of carbonyl (C=O) groups is 2. The lowest BCUT2D eigenvalue weighted by atomic mass is 9.79. The number of aliphatic carboxylic acids is 1. The first kappa shape index (κ1) is 15.1.